The largest absolute Gasteiger partial charge is 0.464 e. The van der Waals surface area contributed by atoms with E-state index in [2.05, 4.69) is 0 Å². The molecule has 2 heterocycles. The molecule has 1 saturated carbocycles. The molecule has 2 amide bonds. The summed E-state index contributed by atoms with van der Waals surface area (Å²) in [7, 11) is 0. The van der Waals surface area contributed by atoms with Crippen LogP contribution in [0, 0.1) is 6.92 Å². The minimum absolute atomic E-state index is 0.0245. The first kappa shape index (κ1) is 24.0. The first-order chi connectivity index (χ1) is 17.5. The molecule has 3 aromatic rings. The minimum Gasteiger partial charge on any atom is -0.464 e. The summed E-state index contributed by atoms with van der Waals surface area (Å²) in [5.41, 5.74) is 1.92. The van der Waals surface area contributed by atoms with Crippen LogP contribution in [0.1, 0.15) is 54.8 Å². The first-order valence-corrected chi connectivity index (χ1v) is 12.6. The highest BCUT2D eigenvalue weighted by molar-refractivity contribution is 5.89. The van der Waals surface area contributed by atoms with E-state index in [0.717, 1.165) is 29.7 Å². The van der Waals surface area contributed by atoms with E-state index in [0.29, 0.717) is 36.8 Å². The van der Waals surface area contributed by atoms with Crippen LogP contribution in [0.15, 0.2) is 65.1 Å². The van der Waals surface area contributed by atoms with Gasteiger partial charge in [-0.2, -0.15) is 0 Å². The second kappa shape index (κ2) is 10.5. The molecule has 0 radical (unpaired) electrons. The lowest BCUT2D eigenvalue weighted by atomic mass is 9.95. The average molecular weight is 489 g/mol. The van der Waals surface area contributed by atoms with Gasteiger partial charge in [-0.05, 0) is 61.6 Å². The molecule has 7 heteroatoms. The van der Waals surface area contributed by atoms with Crippen molar-refractivity contribution in [2.24, 2.45) is 0 Å². The van der Waals surface area contributed by atoms with Crippen LogP contribution in [0.4, 0.5) is 0 Å². The monoisotopic (exact) mass is 488 g/mol. The summed E-state index contributed by atoms with van der Waals surface area (Å²) in [6, 6.07) is 19.5. The number of rotatable bonds is 10. The first-order valence-electron chi connectivity index (χ1n) is 12.6. The number of benzene rings is 2. The van der Waals surface area contributed by atoms with E-state index in [1.165, 1.54) is 0 Å². The third-order valence-electron chi connectivity index (χ3n) is 6.79. The summed E-state index contributed by atoms with van der Waals surface area (Å²) >= 11 is 0. The van der Waals surface area contributed by atoms with Crippen molar-refractivity contribution in [3.05, 3.63) is 83.3 Å². The Labute approximate surface area is 211 Å². The Kier molecular flexibility index (Phi) is 6.98. The molecule has 1 aliphatic heterocycles. The summed E-state index contributed by atoms with van der Waals surface area (Å²) in [5.74, 6) is 2.55. The van der Waals surface area contributed by atoms with Crippen molar-refractivity contribution in [2.45, 2.75) is 58.2 Å². The molecule has 2 aromatic carbocycles. The number of amides is 2. The third kappa shape index (κ3) is 5.40. The third-order valence-corrected chi connectivity index (χ3v) is 6.79. The molecule has 0 saturated heterocycles. The molecule has 0 N–H and O–H groups in total. The van der Waals surface area contributed by atoms with Crippen LogP contribution in [0.3, 0.4) is 0 Å². The lowest BCUT2D eigenvalue weighted by Crippen LogP contribution is -2.45. The Hall–Kier alpha value is -3.74. The number of aryl methyl sites for hydroxylation is 1. The van der Waals surface area contributed by atoms with Gasteiger partial charge < -0.3 is 23.7 Å². The van der Waals surface area contributed by atoms with Gasteiger partial charge in [-0.3, -0.25) is 9.59 Å². The van der Waals surface area contributed by atoms with Gasteiger partial charge in [0.2, 0.25) is 18.6 Å². The Bertz CT molecular complexity index is 1220. The van der Waals surface area contributed by atoms with Gasteiger partial charge in [0.05, 0.1) is 12.5 Å². The lowest BCUT2D eigenvalue weighted by molar-refractivity contribution is -0.142. The highest BCUT2D eigenvalue weighted by Gasteiger charge is 2.37. The number of fused-ring (bicyclic) bond motifs is 1. The molecule has 1 aliphatic carbocycles. The number of carbonyl (C=O) groups excluding carboxylic acids is 2. The van der Waals surface area contributed by atoms with Gasteiger partial charge in [0.1, 0.15) is 18.1 Å². The Morgan fingerprint density at radius 1 is 0.972 bits per heavy atom. The summed E-state index contributed by atoms with van der Waals surface area (Å²) in [4.78, 5) is 30.9. The number of ether oxygens (including phenoxy) is 2. The molecule has 36 heavy (non-hydrogen) atoms. The van der Waals surface area contributed by atoms with Crippen molar-refractivity contribution < 1.29 is 23.5 Å². The van der Waals surface area contributed by atoms with E-state index >= 15 is 0 Å². The van der Waals surface area contributed by atoms with E-state index in [9.17, 15) is 9.59 Å². The molecule has 1 fully saturated rings. The van der Waals surface area contributed by atoms with E-state index in [4.69, 9.17) is 13.9 Å². The SMILES string of the molecule is CCC(C(=O)N(CC(=O)N(Cc1ccc2c(c1)OCO2)Cc1ccc(C)o1)C1CC1)c1ccccc1. The second-order valence-corrected chi connectivity index (χ2v) is 9.52. The Morgan fingerprint density at radius 3 is 2.44 bits per heavy atom. The van der Waals surface area contributed by atoms with Crippen molar-refractivity contribution in [3.8, 4) is 11.5 Å². The molecule has 7 nitrogen and oxygen atoms in total. The van der Waals surface area contributed by atoms with E-state index in [1.54, 1.807) is 9.80 Å². The van der Waals surface area contributed by atoms with Crippen LogP contribution in [-0.4, -0.2) is 41.0 Å². The summed E-state index contributed by atoms with van der Waals surface area (Å²) in [6.45, 7) is 4.85. The van der Waals surface area contributed by atoms with Crippen LogP contribution in [0.5, 0.6) is 11.5 Å². The zero-order valence-electron chi connectivity index (χ0n) is 20.8. The number of furan rings is 1. The fraction of sp³-hybridized carbons (Fsp3) is 0.379. The highest BCUT2D eigenvalue weighted by Crippen LogP contribution is 2.34. The zero-order valence-corrected chi connectivity index (χ0v) is 20.8. The molecular weight excluding hydrogens is 456 g/mol. The van der Waals surface area contributed by atoms with Gasteiger partial charge in [-0.1, -0.05) is 43.3 Å². The molecule has 0 bridgehead atoms. The molecule has 188 valence electrons. The summed E-state index contributed by atoms with van der Waals surface area (Å²) in [5, 5.41) is 0. The van der Waals surface area contributed by atoms with Gasteiger partial charge in [-0.25, -0.2) is 0 Å². The summed E-state index contributed by atoms with van der Waals surface area (Å²) < 4.78 is 16.7. The van der Waals surface area contributed by atoms with Crippen molar-refractivity contribution in [1.82, 2.24) is 9.80 Å². The van der Waals surface area contributed by atoms with Crippen molar-refractivity contribution in [2.75, 3.05) is 13.3 Å². The molecule has 2 aliphatic rings. The van der Waals surface area contributed by atoms with Crippen LogP contribution in [0.2, 0.25) is 0 Å². The van der Waals surface area contributed by atoms with Crippen LogP contribution < -0.4 is 9.47 Å². The predicted molar refractivity (Wildman–Crippen MR) is 134 cm³/mol. The fourth-order valence-corrected chi connectivity index (χ4v) is 4.71. The smallest absolute Gasteiger partial charge is 0.242 e. The van der Waals surface area contributed by atoms with Crippen molar-refractivity contribution >= 4 is 11.8 Å². The standard InChI is InChI=1S/C29H32N2O5/c1-3-25(22-7-5-4-6-8-22)29(33)31(23-11-12-23)18-28(32)30(17-24-13-9-20(2)36-24)16-21-10-14-26-27(15-21)35-19-34-26/h4-10,13-15,23,25H,3,11-12,16-19H2,1-2H3. The number of hydrogen-bond donors (Lipinski definition) is 0. The lowest BCUT2D eigenvalue weighted by Gasteiger charge is -2.30. The second-order valence-electron chi connectivity index (χ2n) is 9.52. The Balaban J connectivity index is 1.36. The number of nitrogens with zero attached hydrogens (tertiary/aromatic N) is 2. The minimum atomic E-state index is -0.255. The van der Waals surface area contributed by atoms with Gasteiger partial charge >= 0.3 is 0 Å². The normalized spacial score (nSPS) is 14.9. The molecule has 1 unspecified atom stereocenters. The Morgan fingerprint density at radius 2 is 1.75 bits per heavy atom. The van der Waals surface area contributed by atoms with E-state index in [1.807, 2.05) is 74.5 Å². The molecule has 1 aromatic heterocycles. The summed E-state index contributed by atoms with van der Waals surface area (Å²) in [6.07, 6.45) is 2.56. The maximum absolute atomic E-state index is 13.7. The zero-order chi connectivity index (χ0) is 25.1. The molecular formula is C29H32N2O5. The molecule has 5 rings (SSSR count). The van der Waals surface area contributed by atoms with Crippen LogP contribution in [-0.2, 0) is 22.7 Å². The van der Waals surface area contributed by atoms with Crippen LogP contribution >= 0.6 is 0 Å². The topological polar surface area (TPSA) is 72.2 Å². The average Bonchev–Trinajstić information content (AvgIpc) is 3.48. The predicted octanol–water partition coefficient (Wildman–Crippen LogP) is 5.03. The van der Waals surface area contributed by atoms with E-state index < -0.39 is 0 Å². The van der Waals surface area contributed by atoms with Gasteiger partial charge in [-0.15, -0.1) is 0 Å². The van der Waals surface area contributed by atoms with Crippen molar-refractivity contribution in [1.29, 1.82) is 0 Å². The quantitative estimate of drug-likeness (QED) is 0.400. The van der Waals surface area contributed by atoms with Gasteiger partial charge in [0.25, 0.3) is 0 Å². The molecule has 0 spiro atoms. The van der Waals surface area contributed by atoms with Crippen molar-refractivity contribution in [3.63, 3.8) is 0 Å². The fourth-order valence-electron chi connectivity index (χ4n) is 4.71. The van der Waals surface area contributed by atoms with E-state index in [-0.39, 0.29) is 37.1 Å². The van der Waals surface area contributed by atoms with Gasteiger partial charge in [0, 0.05) is 12.6 Å². The number of carbonyl (C=O) groups is 2. The maximum atomic E-state index is 13.7. The number of hydrogen-bond acceptors (Lipinski definition) is 5. The van der Waals surface area contributed by atoms with Crippen LogP contribution in [0.25, 0.3) is 0 Å². The highest BCUT2D eigenvalue weighted by atomic mass is 16.7. The maximum Gasteiger partial charge on any atom is 0.242 e. The molecule has 1 atom stereocenters. The van der Waals surface area contributed by atoms with Gasteiger partial charge in [0.15, 0.2) is 11.5 Å².